The first-order valence-electron chi connectivity index (χ1n) is 4.62. The Bertz CT molecular complexity index is 270. The molecule has 0 atom stereocenters. The van der Waals surface area contributed by atoms with Crippen molar-refractivity contribution in [2.24, 2.45) is 0 Å². The molecule has 2 nitrogen and oxygen atoms in total. The molecule has 13 heavy (non-hydrogen) atoms. The molecule has 1 saturated carbocycles. The van der Waals surface area contributed by atoms with Gasteiger partial charge in [-0.3, -0.25) is 0 Å². The van der Waals surface area contributed by atoms with Crippen molar-refractivity contribution in [1.29, 1.82) is 0 Å². The van der Waals surface area contributed by atoms with E-state index in [2.05, 4.69) is 15.9 Å². The van der Waals surface area contributed by atoms with Crippen molar-refractivity contribution in [3.05, 3.63) is 11.0 Å². The molecule has 0 bridgehead atoms. The quantitative estimate of drug-likeness (QED) is 0.569. The summed E-state index contributed by atoms with van der Waals surface area (Å²) in [7, 11) is -2.98. The van der Waals surface area contributed by atoms with Gasteiger partial charge < -0.3 is 0 Å². The number of sulfone groups is 1. The molecule has 0 saturated heterocycles. The van der Waals surface area contributed by atoms with E-state index < -0.39 is 9.84 Å². The zero-order chi connectivity index (χ0) is 9.73. The van der Waals surface area contributed by atoms with Crippen molar-refractivity contribution >= 4 is 25.8 Å². The predicted octanol–water partition coefficient (Wildman–Crippen LogP) is 2.99. The number of alkyl halides is 1. The van der Waals surface area contributed by atoms with Crippen LogP contribution in [0.1, 0.15) is 38.5 Å². The van der Waals surface area contributed by atoms with Gasteiger partial charge in [-0.15, -0.1) is 0 Å². The molecule has 1 rings (SSSR count). The number of halogens is 1. The molecule has 4 heteroatoms. The maximum Gasteiger partial charge on any atom is 0.181 e. The number of rotatable bonds is 2. The second-order valence-corrected chi connectivity index (χ2v) is 6.62. The van der Waals surface area contributed by atoms with Crippen molar-refractivity contribution in [3.63, 3.8) is 0 Å². The zero-order valence-corrected chi connectivity index (χ0v) is 10.0. The van der Waals surface area contributed by atoms with Gasteiger partial charge in [0.1, 0.15) is 4.66 Å². The molecular weight excluding hydrogens is 252 g/mol. The molecule has 0 N–H and O–H groups in total. The van der Waals surface area contributed by atoms with E-state index in [1.54, 1.807) is 0 Å². The molecular formula is C9H15BrO2S. The van der Waals surface area contributed by atoms with E-state index >= 15 is 0 Å². The summed E-state index contributed by atoms with van der Waals surface area (Å²) in [5.41, 5.74) is 1.11. The first-order chi connectivity index (χ1) is 6.14. The Morgan fingerprint density at radius 3 is 2.15 bits per heavy atom. The van der Waals surface area contributed by atoms with Crippen molar-refractivity contribution < 1.29 is 8.42 Å². The van der Waals surface area contributed by atoms with Gasteiger partial charge in [0, 0.05) is 5.41 Å². The third-order valence-electron chi connectivity index (χ3n) is 2.24. The monoisotopic (exact) mass is 266 g/mol. The van der Waals surface area contributed by atoms with E-state index in [0.29, 0.717) is 0 Å². The van der Waals surface area contributed by atoms with Crippen LogP contribution in [0.15, 0.2) is 11.0 Å². The van der Waals surface area contributed by atoms with Crippen LogP contribution in [-0.2, 0) is 9.84 Å². The topological polar surface area (TPSA) is 34.1 Å². The fourth-order valence-electron chi connectivity index (χ4n) is 1.59. The van der Waals surface area contributed by atoms with E-state index in [0.717, 1.165) is 31.3 Å². The number of allylic oxidation sites excluding steroid dienone is 1. The highest BCUT2D eigenvalue weighted by Crippen LogP contribution is 2.23. The second-order valence-electron chi connectivity index (χ2n) is 3.46. The van der Waals surface area contributed by atoms with Crippen LogP contribution >= 0.6 is 15.9 Å². The lowest BCUT2D eigenvalue weighted by molar-refractivity contribution is 0.608. The van der Waals surface area contributed by atoms with Crippen LogP contribution in [0.4, 0.5) is 0 Å². The third-order valence-corrected chi connectivity index (χ3v) is 5.16. The normalized spacial score (nSPS) is 19.6. The highest BCUT2D eigenvalue weighted by Gasteiger charge is 2.09. The highest BCUT2D eigenvalue weighted by atomic mass is 79.9. The molecule has 0 amide bonds. The summed E-state index contributed by atoms with van der Waals surface area (Å²) in [6, 6.07) is 0. The standard InChI is InChI=1S/C9H15BrO2S/c10-8-13(11,12)7-9-5-3-1-2-4-6-9/h7H,1-6,8H2. The van der Waals surface area contributed by atoms with Crippen molar-refractivity contribution in [3.8, 4) is 0 Å². The molecule has 1 fully saturated rings. The summed E-state index contributed by atoms with van der Waals surface area (Å²) in [4.78, 5) is 0. The smallest absolute Gasteiger partial charge is 0.181 e. The van der Waals surface area contributed by atoms with Crippen LogP contribution < -0.4 is 0 Å². The van der Waals surface area contributed by atoms with Crippen LogP contribution in [0.5, 0.6) is 0 Å². The Morgan fingerprint density at radius 1 is 1.15 bits per heavy atom. The fourth-order valence-corrected chi connectivity index (χ4v) is 2.79. The lowest BCUT2D eigenvalue weighted by atomic mass is 10.1. The Hall–Kier alpha value is 0.170. The lowest BCUT2D eigenvalue weighted by Crippen LogP contribution is -1.97. The minimum absolute atomic E-state index is 0.0451. The van der Waals surface area contributed by atoms with Gasteiger partial charge >= 0.3 is 0 Å². The zero-order valence-electron chi connectivity index (χ0n) is 7.63. The number of hydrogen-bond donors (Lipinski definition) is 0. The summed E-state index contributed by atoms with van der Waals surface area (Å²) in [5, 5.41) is 1.47. The van der Waals surface area contributed by atoms with Crippen LogP contribution in [-0.4, -0.2) is 13.1 Å². The van der Waals surface area contributed by atoms with E-state index in [-0.39, 0.29) is 4.66 Å². The van der Waals surface area contributed by atoms with Gasteiger partial charge in [-0.25, -0.2) is 8.42 Å². The minimum atomic E-state index is -2.98. The molecule has 0 aromatic rings. The first kappa shape index (κ1) is 11.2. The summed E-state index contributed by atoms with van der Waals surface area (Å²) < 4.78 is 22.6. The van der Waals surface area contributed by atoms with E-state index in [9.17, 15) is 8.42 Å². The molecule has 0 aliphatic heterocycles. The molecule has 0 aromatic carbocycles. The van der Waals surface area contributed by atoms with Crippen LogP contribution in [0, 0.1) is 0 Å². The lowest BCUT2D eigenvalue weighted by Gasteiger charge is -2.01. The van der Waals surface area contributed by atoms with Gasteiger partial charge in [0.2, 0.25) is 0 Å². The molecule has 0 aromatic heterocycles. The third kappa shape index (κ3) is 4.27. The van der Waals surface area contributed by atoms with Gasteiger partial charge in [-0.2, -0.15) is 0 Å². The van der Waals surface area contributed by atoms with Crippen molar-refractivity contribution in [2.75, 3.05) is 4.66 Å². The molecule has 1 aliphatic rings. The average molecular weight is 267 g/mol. The van der Waals surface area contributed by atoms with Crippen LogP contribution in [0.2, 0.25) is 0 Å². The van der Waals surface area contributed by atoms with Gasteiger partial charge in [0.25, 0.3) is 0 Å². The molecule has 0 radical (unpaired) electrons. The summed E-state index contributed by atoms with van der Waals surface area (Å²) >= 11 is 2.98. The van der Waals surface area contributed by atoms with Crippen LogP contribution in [0.25, 0.3) is 0 Å². The van der Waals surface area contributed by atoms with E-state index in [1.807, 2.05) is 0 Å². The second kappa shape index (κ2) is 5.15. The molecule has 0 heterocycles. The van der Waals surface area contributed by atoms with Crippen molar-refractivity contribution in [1.82, 2.24) is 0 Å². The fraction of sp³-hybridized carbons (Fsp3) is 0.778. The van der Waals surface area contributed by atoms with Crippen LogP contribution in [0.3, 0.4) is 0 Å². The first-order valence-corrected chi connectivity index (χ1v) is 7.46. The summed E-state index contributed by atoms with van der Waals surface area (Å²) in [6.45, 7) is 0. The highest BCUT2D eigenvalue weighted by molar-refractivity contribution is 9.10. The van der Waals surface area contributed by atoms with Crippen molar-refractivity contribution in [2.45, 2.75) is 38.5 Å². The minimum Gasteiger partial charge on any atom is -0.223 e. The van der Waals surface area contributed by atoms with Gasteiger partial charge in [-0.05, 0) is 25.7 Å². The molecule has 0 unspecified atom stereocenters. The summed E-state index contributed by atoms with van der Waals surface area (Å²) in [5.74, 6) is 0. The summed E-state index contributed by atoms with van der Waals surface area (Å²) in [6.07, 6.45) is 6.70. The Kier molecular flexibility index (Phi) is 4.46. The number of hydrogen-bond acceptors (Lipinski definition) is 2. The van der Waals surface area contributed by atoms with E-state index in [4.69, 9.17) is 0 Å². The maximum atomic E-state index is 11.3. The van der Waals surface area contributed by atoms with Gasteiger partial charge in [-0.1, -0.05) is 34.3 Å². The largest absolute Gasteiger partial charge is 0.223 e. The Labute approximate surface area is 88.5 Å². The van der Waals surface area contributed by atoms with E-state index in [1.165, 1.54) is 18.2 Å². The molecule has 1 aliphatic carbocycles. The van der Waals surface area contributed by atoms with Gasteiger partial charge in [0.15, 0.2) is 9.84 Å². The maximum absolute atomic E-state index is 11.3. The molecule has 0 spiro atoms. The Balaban J connectivity index is 2.68. The predicted molar refractivity (Wildman–Crippen MR) is 58.5 cm³/mol. The SMILES string of the molecule is O=S(=O)(C=C1CCCCCC1)CBr. The van der Waals surface area contributed by atoms with Gasteiger partial charge in [0.05, 0.1) is 0 Å². The Morgan fingerprint density at radius 2 is 1.69 bits per heavy atom. The average Bonchev–Trinajstić information content (AvgIpc) is 2.32. The molecule has 76 valence electrons.